The van der Waals surface area contributed by atoms with Gasteiger partial charge in [0.25, 0.3) is 0 Å². The highest BCUT2D eigenvalue weighted by Crippen LogP contribution is 2.25. The van der Waals surface area contributed by atoms with Crippen LogP contribution in [0.3, 0.4) is 0 Å². The van der Waals surface area contributed by atoms with Gasteiger partial charge in [0.1, 0.15) is 6.04 Å². The summed E-state index contributed by atoms with van der Waals surface area (Å²) >= 11 is 19.9. The Morgan fingerprint density at radius 2 is 1.66 bits per heavy atom. The molecule has 0 unspecified atom stereocenters. The molecule has 0 saturated heterocycles. The van der Waals surface area contributed by atoms with Crippen LogP contribution in [0.4, 0.5) is 0 Å². The van der Waals surface area contributed by atoms with Gasteiger partial charge in [0.05, 0.1) is 0 Å². The fourth-order valence-corrected chi connectivity index (χ4v) is 4.43. The van der Waals surface area contributed by atoms with Crippen molar-refractivity contribution < 1.29 is 9.59 Å². The smallest absolute Gasteiger partial charge is 0.242 e. The highest BCUT2D eigenvalue weighted by atomic mass is 35.5. The predicted octanol–water partition coefficient (Wildman–Crippen LogP) is 6.85. The van der Waals surface area contributed by atoms with Gasteiger partial charge in [-0.05, 0) is 81.8 Å². The molecule has 0 saturated carbocycles. The van der Waals surface area contributed by atoms with Gasteiger partial charge in [0.2, 0.25) is 11.8 Å². The van der Waals surface area contributed by atoms with E-state index in [-0.39, 0.29) is 18.4 Å². The van der Waals surface area contributed by atoms with Crippen molar-refractivity contribution in [3.63, 3.8) is 0 Å². The molecule has 0 aliphatic heterocycles. The second-order valence-corrected chi connectivity index (χ2v) is 11.0. The summed E-state index contributed by atoms with van der Waals surface area (Å²) in [7, 11) is 0. The van der Waals surface area contributed by atoms with Crippen molar-refractivity contribution in [2.24, 2.45) is 0 Å². The molecule has 1 atom stereocenters. The van der Waals surface area contributed by atoms with Gasteiger partial charge in [0, 0.05) is 38.5 Å². The summed E-state index contributed by atoms with van der Waals surface area (Å²) in [6.45, 7) is 7.71. The zero-order valence-corrected chi connectivity index (χ0v) is 21.8. The predicted molar refractivity (Wildman–Crippen MR) is 136 cm³/mol. The van der Waals surface area contributed by atoms with Crippen LogP contribution in [-0.4, -0.2) is 34.0 Å². The maximum atomic E-state index is 13.1. The summed E-state index contributed by atoms with van der Waals surface area (Å²) in [6, 6.07) is 12.1. The lowest BCUT2D eigenvalue weighted by molar-refractivity contribution is -0.141. The topological polar surface area (TPSA) is 49.4 Å². The molecule has 0 bridgehead atoms. The Kier molecular flexibility index (Phi) is 10.2. The van der Waals surface area contributed by atoms with E-state index in [2.05, 4.69) is 5.32 Å². The number of carbonyl (C=O) groups is 2. The van der Waals surface area contributed by atoms with Crippen molar-refractivity contribution in [1.29, 1.82) is 0 Å². The normalized spacial score (nSPS) is 12.3. The molecule has 2 amide bonds. The monoisotopic (exact) mass is 514 g/mol. The lowest BCUT2D eigenvalue weighted by Gasteiger charge is -2.31. The molecule has 2 aromatic carbocycles. The molecule has 1 N–H and O–H groups in total. The van der Waals surface area contributed by atoms with Crippen LogP contribution in [0.15, 0.2) is 47.4 Å². The Morgan fingerprint density at radius 3 is 2.25 bits per heavy atom. The van der Waals surface area contributed by atoms with E-state index in [1.54, 1.807) is 41.8 Å². The molecular formula is C24H29Cl3N2O2S. The number of rotatable bonds is 9. The molecule has 0 aliphatic rings. The number of benzene rings is 2. The third kappa shape index (κ3) is 8.86. The Morgan fingerprint density at radius 1 is 1.03 bits per heavy atom. The number of amides is 2. The van der Waals surface area contributed by atoms with Crippen molar-refractivity contribution >= 4 is 58.4 Å². The minimum atomic E-state index is -0.641. The second kappa shape index (κ2) is 12.2. The summed E-state index contributed by atoms with van der Waals surface area (Å²) in [6.07, 6.45) is 1.02. The summed E-state index contributed by atoms with van der Waals surface area (Å²) in [5.74, 6) is 0.488. The molecule has 0 heterocycles. The first-order valence-electron chi connectivity index (χ1n) is 10.4. The highest BCUT2D eigenvalue weighted by molar-refractivity contribution is 7.99. The number of nitrogens with one attached hydrogen (secondary N) is 1. The number of nitrogens with zero attached hydrogens (tertiary/aromatic N) is 1. The first-order valence-corrected chi connectivity index (χ1v) is 12.5. The largest absolute Gasteiger partial charge is 0.350 e. The van der Waals surface area contributed by atoms with Crippen molar-refractivity contribution in [3.8, 4) is 0 Å². The van der Waals surface area contributed by atoms with Crippen LogP contribution < -0.4 is 5.32 Å². The van der Waals surface area contributed by atoms with Gasteiger partial charge in [0.15, 0.2) is 0 Å². The summed E-state index contributed by atoms with van der Waals surface area (Å²) in [5, 5.41) is 4.65. The number of halogens is 3. The highest BCUT2D eigenvalue weighted by Gasteiger charge is 2.28. The van der Waals surface area contributed by atoms with Crippen molar-refractivity contribution in [1.82, 2.24) is 10.2 Å². The van der Waals surface area contributed by atoms with E-state index in [1.165, 1.54) is 0 Å². The van der Waals surface area contributed by atoms with E-state index in [0.717, 1.165) is 16.2 Å². The van der Waals surface area contributed by atoms with E-state index >= 15 is 0 Å². The molecule has 0 radical (unpaired) electrons. The molecular weight excluding hydrogens is 487 g/mol. The summed E-state index contributed by atoms with van der Waals surface area (Å²) in [4.78, 5) is 28.6. The lowest BCUT2D eigenvalue weighted by atomic mass is 10.1. The molecule has 8 heteroatoms. The van der Waals surface area contributed by atoms with Crippen LogP contribution in [0.2, 0.25) is 15.1 Å². The molecule has 2 rings (SSSR count). The zero-order chi connectivity index (χ0) is 23.9. The van der Waals surface area contributed by atoms with E-state index in [4.69, 9.17) is 34.8 Å². The van der Waals surface area contributed by atoms with Crippen molar-refractivity contribution in [2.45, 2.75) is 63.6 Å². The molecule has 2 aromatic rings. The minimum absolute atomic E-state index is 0.0933. The average Bonchev–Trinajstić information content (AvgIpc) is 2.70. The molecule has 4 nitrogen and oxygen atoms in total. The quantitative estimate of drug-likeness (QED) is 0.293. The van der Waals surface area contributed by atoms with E-state index in [1.807, 2.05) is 45.0 Å². The standard InChI is InChI=1S/C24H29Cl3N2O2S/c1-16(23(31)28-24(2,3)4)29(15-17-7-8-19(26)14-21(17)27)22(30)6-5-13-32-20-11-9-18(25)10-12-20/h7-12,14,16H,5-6,13,15H2,1-4H3,(H,28,31)/t16-/m1/s1. The minimum Gasteiger partial charge on any atom is -0.350 e. The maximum Gasteiger partial charge on any atom is 0.242 e. The first-order chi connectivity index (χ1) is 15.0. The molecule has 32 heavy (non-hydrogen) atoms. The zero-order valence-electron chi connectivity index (χ0n) is 18.8. The number of hydrogen-bond acceptors (Lipinski definition) is 3. The SMILES string of the molecule is C[C@H](C(=O)NC(C)(C)C)N(Cc1ccc(Cl)cc1Cl)C(=O)CCCSc1ccc(Cl)cc1. The van der Waals surface area contributed by atoms with Crippen LogP contribution in [-0.2, 0) is 16.1 Å². The van der Waals surface area contributed by atoms with E-state index in [9.17, 15) is 9.59 Å². The molecule has 0 aliphatic carbocycles. The number of carbonyl (C=O) groups excluding carboxylic acids is 2. The lowest BCUT2D eigenvalue weighted by Crippen LogP contribution is -2.52. The van der Waals surface area contributed by atoms with Gasteiger partial charge in [-0.1, -0.05) is 40.9 Å². The van der Waals surface area contributed by atoms with E-state index < -0.39 is 11.6 Å². The number of hydrogen-bond donors (Lipinski definition) is 1. The van der Waals surface area contributed by atoms with Crippen LogP contribution in [0.5, 0.6) is 0 Å². The van der Waals surface area contributed by atoms with Crippen LogP contribution in [0.25, 0.3) is 0 Å². The van der Waals surface area contributed by atoms with Crippen molar-refractivity contribution in [3.05, 3.63) is 63.1 Å². The summed E-state index contributed by atoms with van der Waals surface area (Å²) < 4.78 is 0. The van der Waals surface area contributed by atoms with Gasteiger partial charge >= 0.3 is 0 Å². The van der Waals surface area contributed by atoms with Gasteiger partial charge in [-0.2, -0.15) is 0 Å². The Balaban J connectivity index is 2.06. The second-order valence-electron chi connectivity index (χ2n) is 8.58. The maximum absolute atomic E-state index is 13.1. The average molecular weight is 516 g/mol. The van der Waals surface area contributed by atoms with Crippen LogP contribution in [0, 0.1) is 0 Å². The summed E-state index contributed by atoms with van der Waals surface area (Å²) in [5.41, 5.74) is 0.350. The molecule has 174 valence electrons. The fourth-order valence-electron chi connectivity index (χ4n) is 2.98. The fraction of sp³-hybridized carbons (Fsp3) is 0.417. The first kappa shape index (κ1) is 26.8. The molecule has 0 spiro atoms. The van der Waals surface area contributed by atoms with Gasteiger partial charge in [-0.3, -0.25) is 9.59 Å². The van der Waals surface area contributed by atoms with Crippen LogP contribution >= 0.6 is 46.6 Å². The molecule has 0 aromatic heterocycles. The third-order valence-electron chi connectivity index (χ3n) is 4.64. The number of thioether (sulfide) groups is 1. The van der Waals surface area contributed by atoms with E-state index in [0.29, 0.717) is 27.9 Å². The van der Waals surface area contributed by atoms with Gasteiger partial charge in [-0.15, -0.1) is 11.8 Å². The Bertz CT molecular complexity index is 930. The van der Waals surface area contributed by atoms with Gasteiger partial charge < -0.3 is 10.2 Å². The Hall–Kier alpha value is -1.40. The van der Waals surface area contributed by atoms with Crippen LogP contribution in [0.1, 0.15) is 46.1 Å². The molecule has 0 fully saturated rings. The van der Waals surface area contributed by atoms with Crippen molar-refractivity contribution in [2.75, 3.05) is 5.75 Å². The Labute approximate surface area is 210 Å². The van der Waals surface area contributed by atoms with Gasteiger partial charge in [-0.25, -0.2) is 0 Å². The third-order valence-corrected chi connectivity index (χ3v) is 6.58.